The standard InChI is InChI=1S/C16H16BrNOS/c1-11-9-10-20-15(11)7-8-16(19)18-12(2)13-5-3-4-6-14(13)17/h3-10,12H,1-2H3,(H,18,19)/b8-7+/t12-/m0/s1. The average Bonchev–Trinajstić information content (AvgIpc) is 2.82. The van der Waals surface area contributed by atoms with E-state index in [1.54, 1.807) is 17.4 Å². The van der Waals surface area contributed by atoms with Crippen molar-refractivity contribution in [3.63, 3.8) is 0 Å². The van der Waals surface area contributed by atoms with Gasteiger partial charge in [-0.3, -0.25) is 4.79 Å². The van der Waals surface area contributed by atoms with Gasteiger partial charge >= 0.3 is 0 Å². The minimum Gasteiger partial charge on any atom is -0.346 e. The van der Waals surface area contributed by atoms with Gasteiger partial charge in [-0.1, -0.05) is 34.1 Å². The van der Waals surface area contributed by atoms with Crippen molar-refractivity contribution in [2.24, 2.45) is 0 Å². The van der Waals surface area contributed by atoms with E-state index in [1.165, 1.54) is 5.56 Å². The molecular weight excluding hydrogens is 334 g/mol. The van der Waals surface area contributed by atoms with E-state index in [1.807, 2.05) is 55.6 Å². The molecule has 1 N–H and O–H groups in total. The van der Waals surface area contributed by atoms with Gasteiger partial charge in [-0.2, -0.15) is 0 Å². The number of benzene rings is 1. The molecule has 0 unspecified atom stereocenters. The van der Waals surface area contributed by atoms with Crippen molar-refractivity contribution in [3.8, 4) is 0 Å². The number of aryl methyl sites for hydroxylation is 1. The molecule has 0 aliphatic carbocycles. The Morgan fingerprint density at radius 2 is 2.10 bits per heavy atom. The molecular formula is C16H16BrNOS. The van der Waals surface area contributed by atoms with Crippen molar-refractivity contribution in [1.82, 2.24) is 5.32 Å². The van der Waals surface area contributed by atoms with Crippen molar-refractivity contribution in [2.45, 2.75) is 19.9 Å². The molecule has 104 valence electrons. The van der Waals surface area contributed by atoms with Gasteiger partial charge < -0.3 is 5.32 Å². The van der Waals surface area contributed by atoms with Gasteiger partial charge in [-0.05, 0) is 48.6 Å². The number of hydrogen-bond donors (Lipinski definition) is 1. The minimum absolute atomic E-state index is 0.0350. The number of halogens is 1. The fraction of sp³-hybridized carbons (Fsp3) is 0.188. The first-order valence-corrected chi connectivity index (χ1v) is 8.02. The van der Waals surface area contributed by atoms with E-state index in [0.29, 0.717) is 0 Å². The highest BCUT2D eigenvalue weighted by molar-refractivity contribution is 9.10. The fourth-order valence-corrected chi connectivity index (χ4v) is 3.32. The lowest BCUT2D eigenvalue weighted by Gasteiger charge is -2.14. The van der Waals surface area contributed by atoms with Crippen molar-refractivity contribution in [2.75, 3.05) is 0 Å². The quantitative estimate of drug-likeness (QED) is 0.795. The van der Waals surface area contributed by atoms with Crippen molar-refractivity contribution in [1.29, 1.82) is 0 Å². The summed E-state index contributed by atoms with van der Waals surface area (Å²) in [4.78, 5) is 13.1. The van der Waals surface area contributed by atoms with Gasteiger partial charge in [0, 0.05) is 15.4 Å². The van der Waals surface area contributed by atoms with Crippen LogP contribution < -0.4 is 5.32 Å². The molecule has 1 heterocycles. The van der Waals surface area contributed by atoms with Crippen LogP contribution in [0.4, 0.5) is 0 Å². The first kappa shape index (κ1) is 15.0. The van der Waals surface area contributed by atoms with Crippen LogP contribution in [0.3, 0.4) is 0 Å². The Morgan fingerprint density at radius 3 is 2.75 bits per heavy atom. The highest BCUT2D eigenvalue weighted by Crippen LogP contribution is 2.22. The van der Waals surface area contributed by atoms with Gasteiger partial charge in [0.25, 0.3) is 0 Å². The molecule has 0 radical (unpaired) electrons. The van der Waals surface area contributed by atoms with Gasteiger partial charge in [-0.15, -0.1) is 11.3 Å². The van der Waals surface area contributed by atoms with Gasteiger partial charge in [0.05, 0.1) is 6.04 Å². The Hall–Kier alpha value is -1.39. The predicted molar refractivity (Wildman–Crippen MR) is 88.8 cm³/mol. The van der Waals surface area contributed by atoms with Crippen LogP contribution in [0.15, 0.2) is 46.3 Å². The molecule has 0 saturated carbocycles. The zero-order valence-electron chi connectivity index (χ0n) is 11.4. The lowest BCUT2D eigenvalue weighted by atomic mass is 10.1. The molecule has 0 saturated heterocycles. The van der Waals surface area contributed by atoms with Crippen LogP contribution in [0.1, 0.15) is 29.0 Å². The Labute approximate surface area is 131 Å². The summed E-state index contributed by atoms with van der Waals surface area (Å²) >= 11 is 5.13. The van der Waals surface area contributed by atoms with Gasteiger partial charge in [0.15, 0.2) is 0 Å². The second kappa shape index (κ2) is 6.86. The predicted octanol–water partition coefficient (Wildman–Crippen LogP) is 4.71. The molecule has 0 bridgehead atoms. The number of carbonyl (C=O) groups is 1. The molecule has 0 fully saturated rings. The van der Waals surface area contributed by atoms with Crippen molar-refractivity contribution >= 4 is 39.2 Å². The van der Waals surface area contributed by atoms with Crippen LogP contribution in [0.25, 0.3) is 6.08 Å². The molecule has 2 aromatic rings. The number of amides is 1. The molecule has 0 aliphatic heterocycles. The van der Waals surface area contributed by atoms with E-state index in [2.05, 4.69) is 21.2 Å². The van der Waals surface area contributed by atoms with Crippen LogP contribution in [0, 0.1) is 6.92 Å². The van der Waals surface area contributed by atoms with Gasteiger partial charge in [0.1, 0.15) is 0 Å². The Bertz CT molecular complexity index is 633. The van der Waals surface area contributed by atoms with E-state index in [0.717, 1.165) is 14.9 Å². The molecule has 1 aromatic carbocycles. The summed E-state index contributed by atoms with van der Waals surface area (Å²) in [6.45, 7) is 4.01. The third kappa shape index (κ3) is 3.81. The average molecular weight is 350 g/mol. The van der Waals surface area contributed by atoms with Crippen LogP contribution in [-0.2, 0) is 4.79 Å². The summed E-state index contributed by atoms with van der Waals surface area (Å²) in [5, 5.41) is 4.99. The summed E-state index contributed by atoms with van der Waals surface area (Å²) in [6, 6.07) is 9.92. The fourth-order valence-electron chi connectivity index (χ4n) is 1.87. The lowest BCUT2D eigenvalue weighted by Crippen LogP contribution is -2.24. The molecule has 4 heteroatoms. The van der Waals surface area contributed by atoms with E-state index in [4.69, 9.17) is 0 Å². The lowest BCUT2D eigenvalue weighted by molar-refractivity contribution is -0.117. The number of carbonyl (C=O) groups excluding carboxylic acids is 1. The highest BCUT2D eigenvalue weighted by atomic mass is 79.9. The highest BCUT2D eigenvalue weighted by Gasteiger charge is 2.10. The zero-order valence-corrected chi connectivity index (χ0v) is 13.8. The Kier molecular flexibility index (Phi) is 5.15. The maximum Gasteiger partial charge on any atom is 0.244 e. The molecule has 1 atom stereocenters. The third-order valence-corrected chi connectivity index (χ3v) is 4.72. The zero-order chi connectivity index (χ0) is 14.5. The van der Waals surface area contributed by atoms with E-state index >= 15 is 0 Å². The molecule has 2 nitrogen and oxygen atoms in total. The summed E-state index contributed by atoms with van der Waals surface area (Å²) in [6.07, 6.45) is 3.45. The van der Waals surface area contributed by atoms with E-state index in [9.17, 15) is 4.79 Å². The first-order valence-electron chi connectivity index (χ1n) is 6.35. The number of hydrogen-bond acceptors (Lipinski definition) is 2. The summed E-state index contributed by atoms with van der Waals surface area (Å²) < 4.78 is 1.01. The monoisotopic (exact) mass is 349 g/mol. The van der Waals surface area contributed by atoms with Crippen LogP contribution in [0.5, 0.6) is 0 Å². The third-order valence-electron chi connectivity index (χ3n) is 3.02. The maximum absolute atomic E-state index is 11.9. The largest absolute Gasteiger partial charge is 0.346 e. The number of thiophene rings is 1. The Morgan fingerprint density at radius 1 is 1.35 bits per heavy atom. The molecule has 0 spiro atoms. The first-order chi connectivity index (χ1) is 9.58. The van der Waals surface area contributed by atoms with Crippen molar-refractivity contribution in [3.05, 3.63) is 62.3 Å². The summed E-state index contributed by atoms with van der Waals surface area (Å²) in [5.41, 5.74) is 2.26. The van der Waals surface area contributed by atoms with Crippen LogP contribution >= 0.6 is 27.3 Å². The SMILES string of the molecule is Cc1ccsc1/C=C/C(=O)N[C@@H](C)c1ccccc1Br. The van der Waals surface area contributed by atoms with Gasteiger partial charge in [-0.25, -0.2) is 0 Å². The molecule has 20 heavy (non-hydrogen) atoms. The molecule has 2 rings (SSSR count). The normalized spacial score (nSPS) is 12.6. The maximum atomic E-state index is 11.9. The topological polar surface area (TPSA) is 29.1 Å². The summed E-state index contributed by atoms with van der Waals surface area (Å²) in [7, 11) is 0. The molecule has 1 aromatic heterocycles. The number of nitrogens with one attached hydrogen (secondary N) is 1. The second-order valence-electron chi connectivity index (χ2n) is 4.55. The van der Waals surface area contributed by atoms with E-state index < -0.39 is 0 Å². The molecule has 1 amide bonds. The van der Waals surface area contributed by atoms with Gasteiger partial charge in [0.2, 0.25) is 5.91 Å². The smallest absolute Gasteiger partial charge is 0.244 e. The van der Waals surface area contributed by atoms with Crippen LogP contribution in [-0.4, -0.2) is 5.91 Å². The summed E-state index contributed by atoms with van der Waals surface area (Å²) in [5.74, 6) is -0.0824. The minimum atomic E-state index is -0.0824. The second-order valence-corrected chi connectivity index (χ2v) is 6.36. The van der Waals surface area contributed by atoms with Crippen LogP contribution in [0.2, 0.25) is 0 Å². The van der Waals surface area contributed by atoms with Crippen molar-refractivity contribution < 1.29 is 4.79 Å². The Balaban J connectivity index is 2.00. The van der Waals surface area contributed by atoms with E-state index in [-0.39, 0.29) is 11.9 Å². The molecule has 0 aliphatic rings. The number of rotatable bonds is 4.